The van der Waals surface area contributed by atoms with E-state index < -0.39 is 0 Å². The lowest BCUT2D eigenvalue weighted by Crippen LogP contribution is -2.38. The minimum atomic E-state index is -0.155. The largest absolute Gasteiger partial charge is 0.492 e. The van der Waals surface area contributed by atoms with Crippen molar-refractivity contribution in [1.29, 1.82) is 0 Å². The van der Waals surface area contributed by atoms with Crippen LogP contribution in [0.15, 0.2) is 36.4 Å². The van der Waals surface area contributed by atoms with Gasteiger partial charge in [0.1, 0.15) is 12.4 Å². The third kappa shape index (κ3) is 5.66. The van der Waals surface area contributed by atoms with Gasteiger partial charge >= 0.3 is 0 Å². The number of hydrogen-bond acceptors (Lipinski definition) is 5. The molecule has 7 heteroatoms. The monoisotopic (exact) mass is 463 g/mol. The topological polar surface area (TPSA) is 79.9 Å². The molecule has 34 heavy (non-hydrogen) atoms. The van der Waals surface area contributed by atoms with Gasteiger partial charge < -0.3 is 20.1 Å². The summed E-state index contributed by atoms with van der Waals surface area (Å²) in [6.45, 7) is 12.9. The predicted molar refractivity (Wildman–Crippen MR) is 135 cm³/mol. The molecule has 2 aromatic carbocycles. The fourth-order valence-corrected chi connectivity index (χ4v) is 4.24. The van der Waals surface area contributed by atoms with Gasteiger partial charge in [0, 0.05) is 48.9 Å². The number of fused-ring (bicyclic) bond motifs is 1. The summed E-state index contributed by atoms with van der Waals surface area (Å²) >= 11 is 0. The van der Waals surface area contributed by atoms with Crippen molar-refractivity contribution < 1.29 is 19.1 Å². The average molecular weight is 464 g/mol. The second kappa shape index (κ2) is 9.99. The van der Waals surface area contributed by atoms with Crippen molar-refractivity contribution in [3.05, 3.63) is 53.1 Å². The van der Waals surface area contributed by atoms with E-state index in [2.05, 4.69) is 42.4 Å². The van der Waals surface area contributed by atoms with E-state index in [1.54, 1.807) is 12.1 Å². The highest BCUT2D eigenvalue weighted by Crippen LogP contribution is 2.37. The van der Waals surface area contributed by atoms with Crippen LogP contribution in [0.2, 0.25) is 0 Å². The van der Waals surface area contributed by atoms with Crippen molar-refractivity contribution in [2.24, 2.45) is 0 Å². The van der Waals surface area contributed by atoms with Crippen LogP contribution in [0.3, 0.4) is 0 Å². The predicted octanol–water partition coefficient (Wildman–Crippen LogP) is 4.15. The fraction of sp³-hybridized carbons (Fsp3) is 0.407. The zero-order chi connectivity index (χ0) is 24.3. The molecule has 2 aliphatic rings. The van der Waals surface area contributed by atoms with Crippen LogP contribution < -0.4 is 15.4 Å². The Hall–Kier alpha value is -3.16. The molecule has 0 aromatic heterocycles. The van der Waals surface area contributed by atoms with Gasteiger partial charge in [-0.15, -0.1) is 0 Å². The maximum Gasteiger partial charge on any atom is 0.256 e. The van der Waals surface area contributed by atoms with Crippen molar-refractivity contribution in [2.75, 3.05) is 50.1 Å². The lowest BCUT2D eigenvalue weighted by Gasteiger charge is -2.27. The summed E-state index contributed by atoms with van der Waals surface area (Å²) in [5, 5.41) is 5.65. The maximum absolute atomic E-state index is 12.7. The molecule has 0 aliphatic carbocycles. The summed E-state index contributed by atoms with van der Waals surface area (Å²) in [5.74, 6) is 0.569. The van der Waals surface area contributed by atoms with Crippen molar-refractivity contribution in [2.45, 2.75) is 33.1 Å². The summed E-state index contributed by atoms with van der Waals surface area (Å²) in [6.07, 6.45) is 1.91. The molecule has 7 nitrogen and oxygen atoms in total. The zero-order valence-corrected chi connectivity index (χ0v) is 20.4. The Kier molecular flexibility index (Phi) is 7.05. The summed E-state index contributed by atoms with van der Waals surface area (Å²) in [5.41, 5.74) is 4.69. The van der Waals surface area contributed by atoms with E-state index in [9.17, 15) is 9.59 Å². The molecule has 2 aliphatic heterocycles. The molecule has 0 saturated carbocycles. The van der Waals surface area contributed by atoms with E-state index in [0.29, 0.717) is 23.6 Å². The molecular weight excluding hydrogens is 430 g/mol. The second-order valence-electron chi connectivity index (χ2n) is 9.76. The molecule has 1 saturated heterocycles. The van der Waals surface area contributed by atoms with Gasteiger partial charge in [-0.2, -0.15) is 0 Å². The van der Waals surface area contributed by atoms with E-state index in [-0.39, 0.29) is 17.2 Å². The first-order valence-corrected chi connectivity index (χ1v) is 11.7. The Labute approximate surface area is 201 Å². The number of carbonyl (C=O) groups excluding carboxylic acids is 2. The first-order valence-electron chi connectivity index (χ1n) is 11.7. The molecule has 0 radical (unpaired) electrons. The van der Waals surface area contributed by atoms with Gasteiger partial charge in [-0.25, -0.2) is 0 Å². The Bertz CT molecular complexity index is 1110. The third-order valence-electron chi connectivity index (χ3n) is 6.01. The van der Waals surface area contributed by atoms with Gasteiger partial charge in [0.2, 0.25) is 5.91 Å². The molecule has 2 heterocycles. The Morgan fingerprint density at radius 1 is 1.18 bits per heavy atom. The maximum atomic E-state index is 12.7. The van der Waals surface area contributed by atoms with E-state index >= 15 is 0 Å². The van der Waals surface area contributed by atoms with Crippen LogP contribution in [0.4, 0.5) is 11.4 Å². The number of nitrogens with zero attached hydrogens (tertiary/aromatic N) is 1. The number of ether oxygens (including phenoxy) is 2. The van der Waals surface area contributed by atoms with Crippen molar-refractivity contribution in [1.82, 2.24) is 4.90 Å². The van der Waals surface area contributed by atoms with Gasteiger partial charge in [-0.3, -0.25) is 14.5 Å². The Balaban J connectivity index is 1.55. The summed E-state index contributed by atoms with van der Waals surface area (Å²) in [4.78, 5) is 26.4. The average Bonchev–Trinajstić information content (AvgIpc) is 3.08. The van der Waals surface area contributed by atoms with Gasteiger partial charge in [-0.1, -0.05) is 32.9 Å². The molecule has 2 N–H and O–H groups in total. The van der Waals surface area contributed by atoms with Crippen LogP contribution in [0.1, 0.15) is 44.4 Å². The number of morpholine rings is 1. The molecule has 0 bridgehead atoms. The summed E-state index contributed by atoms with van der Waals surface area (Å²) in [7, 11) is 0. The molecular formula is C27H33N3O4. The number of anilines is 2. The highest BCUT2D eigenvalue weighted by atomic mass is 16.5. The normalized spacial score (nSPS) is 17.4. The molecule has 0 spiro atoms. The number of benzene rings is 2. The minimum absolute atomic E-state index is 0.119. The van der Waals surface area contributed by atoms with Crippen molar-refractivity contribution >= 4 is 34.8 Å². The minimum Gasteiger partial charge on any atom is -0.492 e. The van der Waals surface area contributed by atoms with Gasteiger partial charge in [0.05, 0.1) is 18.9 Å². The molecule has 180 valence electrons. The standard InChI is InChI=1S/C27H33N3O4/c1-18(31)28-20-6-7-21-22(26(32)29-24(21)17-20)15-19-5-8-25(23(16-19)27(2,3)4)34-14-11-30-9-12-33-13-10-30/h5-8,15-17H,9-14H2,1-4H3,(H,28,31)(H,29,32)/b22-15+. The van der Waals surface area contributed by atoms with Gasteiger partial charge in [0.15, 0.2) is 0 Å². The molecule has 0 unspecified atom stereocenters. The molecule has 1 fully saturated rings. The van der Waals surface area contributed by atoms with E-state index in [4.69, 9.17) is 9.47 Å². The van der Waals surface area contributed by atoms with Crippen molar-refractivity contribution in [3.8, 4) is 5.75 Å². The summed E-state index contributed by atoms with van der Waals surface area (Å²) < 4.78 is 11.6. The molecule has 0 atom stereocenters. The van der Waals surface area contributed by atoms with E-state index in [0.717, 1.165) is 55.3 Å². The SMILES string of the molecule is CC(=O)Nc1ccc2c(c1)NC(=O)/C2=C/c1ccc(OCCN2CCOCC2)c(C(C)(C)C)c1. The van der Waals surface area contributed by atoms with Crippen LogP contribution in [-0.2, 0) is 19.7 Å². The number of nitrogens with one attached hydrogen (secondary N) is 2. The highest BCUT2D eigenvalue weighted by Gasteiger charge is 2.25. The number of rotatable bonds is 6. The first-order chi connectivity index (χ1) is 16.2. The summed E-state index contributed by atoms with van der Waals surface area (Å²) in [6, 6.07) is 11.5. The highest BCUT2D eigenvalue weighted by molar-refractivity contribution is 6.35. The second-order valence-corrected chi connectivity index (χ2v) is 9.76. The molecule has 2 amide bonds. The fourth-order valence-electron chi connectivity index (χ4n) is 4.24. The molecule has 4 rings (SSSR count). The third-order valence-corrected chi connectivity index (χ3v) is 6.01. The van der Waals surface area contributed by atoms with E-state index in [1.807, 2.05) is 24.3 Å². The number of carbonyl (C=O) groups is 2. The zero-order valence-electron chi connectivity index (χ0n) is 20.4. The van der Waals surface area contributed by atoms with Crippen molar-refractivity contribution in [3.63, 3.8) is 0 Å². The quantitative estimate of drug-likeness (QED) is 0.630. The van der Waals surface area contributed by atoms with Crippen LogP contribution in [0.25, 0.3) is 11.6 Å². The smallest absolute Gasteiger partial charge is 0.256 e. The van der Waals surface area contributed by atoms with Crippen LogP contribution in [0, 0.1) is 0 Å². The lowest BCUT2D eigenvalue weighted by atomic mass is 9.85. The number of hydrogen-bond donors (Lipinski definition) is 2. The Morgan fingerprint density at radius 3 is 2.65 bits per heavy atom. The molecule has 2 aromatic rings. The van der Waals surface area contributed by atoms with Gasteiger partial charge in [-0.05, 0) is 41.3 Å². The van der Waals surface area contributed by atoms with Crippen LogP contribution in [0.5, 0.6) is 5.75 Å². The Morgan fingerprint density at radius 2 is 1.94 bits per heavy atom. The van der Waals surface area contributed by atoms with E-state index in [1.165, 1.54) is 6.92 Å². The lowest BCUT2D eigenvalue weighted by molar-refractivity contribution is -0.114. The van der Waals surface area contributed by atoms with Crippen LogP contribution >= 0.6 is 0 Å². The number of amides is 2. The van der Waals surface area contributed by atoms with Gasteiger partial charge in [0.25, 0.3) is 5.91 Å². The van der Waals surface area contributed by atoms with Crippen LogP contribution in [-0.4, -0.2) is 56.2 Å². The first kappa shape index (κ1) is 24.0.